The van der Waals surface area contributed by atoms with Gasteiger partial charge in [-0.05, 0) is 6.08 Å². The van der Waals surface area contributed by atoms with Crippen molar-refractivity contribution < 1.29 is 13.2 Å². The van der Waals surface area contributed by atoms with Gasteiger partial charge in [-0.25, -0.2) is 13.2 Å². The van der Waals surface area contributed by atoms with Crippen LogP contribution in [0.2, 0.25) is 0 Å². The minimum absolute atomic E-state index is 0.0154. The van der Waals surface area contributed by atoms with E-state index in [1.165, 1.54) is 0 Å². The third-order valence-corrected chi connectivity index (χ3v) is 0.494. The summed E-state index contributed by atoms with van der Waals surface area (Å²) in [5.41, 5.74) is 0. The van der Waals surface area contributed by atoms with Crippen molar-refractivity contribution in [1.29, 1.82) is 0 Å². The van der Waals surface area contributed by atoms with Crippen molar-refractivity contribution in [2.45, 2.75) is 0 Å². The topological polar surface area (TPSA) is 0 Å². The van der Waals surface area contributed by atoms with Crippen molar-refractivity contribution in [3.05, 3.63) is 24.3 Å². The lowest BCUT2D eigenvalue weighted by Gasteiger charge is -1.77. The van der Waals surface area contributed by atoms with E-state index in [1.807, 2.05) is 0 Å². The first-order valence-corrected chi connectivity index (χ1v) is 1.99. The van der Waals surface area contributed by atoms with Crippen LogP contribution in [-0.4, -0.2) is 6.67 Å². The molecule has 8 heavy (non-hydrogen) atoms. The molecule has 0 aliphatic heterocycles. The molecule has 0 saturated heterocycles. The highest BCUT2D eigenvalue weighted by molar-refractivity contribution is 5.08. The van der Waals surface area contributed by atoms with E-state index in [-0.39, 0.29) is 6.33 Å². The van der Waals surface area contributed by atoms with Gasteiger partial charge in [0.25, 0.3) is 0 Å². The van der Waals surface area contributed by atoms with Gasteiger partial charge >= 0.3 is 0 Å². The molecule has 0 aromatic carbocycles. The fourth-order valence-electron chi connectivity index (χ4n) is 0.202. The molecule has 0 nitrogen and oxygen atoms in total. The summed E-state index contributed by atoms with van der Waals surface area (Å²) in [5.74, 6) is -0.894. The number of rotatable bonds is 2. The molecule has 0 spiro atoms. The van der Waals surface area contributed by atoms with Crippen molar-refractivity contribution in [2.75, 3.05) is 6.67 Å². The number of hydrogen-bond acceptors (Lipinski definition) is 0. The molecule has 0 bridgehead atoms. The molecular weight excluding hydrogens is 117 g/mol. The predicted octanol–water partition coefficient (Wildman–Crippen LogP) is 2.29. The summed E-state index contributed by atoms with van der Waals surface area (Å²) in [6.45, 7) is -0.907. The second kappa shape index (κ2) is 4.43. The molecular formula is C5H5F3. The number of alkyl halides is 1. The maximum Gasteiger partial charge on any atom is 0.124 e. The Morgan fingerprint density at radius 1 is 1.50 bits per heavy atom. The van der Waals surface area contributed by atoms with E-state index in [0.717, 1.165) is 0 Å². The van der Waals surface area contributed by atoms with E-state index >= 15 is 0 Å². The highest BCUT2D eigenvalue weighted by Gasteiger charge is 1.82. The maximum absolute atomic E-state index is 11.7. The van der Waals surface area contributed by atoms with Gasteiger partial charge in [0.2, 0.25) is 0 Å². The fourth-order valence-corrected chi connectivity index (χ4v) is 0.202. The van der Waals surface area contributed by atoms with Gasteiger partial charge in [0.1, 0.15) is 12.5 Å². The minimum atomic E-state index is -0.907. The van der Waals surface area contributed by atoms with Crippen LogP contribution >= 0.6 is 0 Å². The summed E-state index contributed by atoms with van der Waals surface area (Å²) in [6, 6.07) is 0. The Morgan fingerprint density at radius 3 is 2.50 bits per heavy atom. The molecule has 0 aromatic rings. The second-order valence-corrected chi connectivity index (χ2v) is 1.04. The predicted molar refractivity (Wildman–Crippen MR) is 25.4 cm³/mol. The smallest absolute Gasteiger partial charge is 0.124 e. The zero-order chi connectivity index (χ0) is 6.41. The van der Waals surface area contributed by atoms with Gasteiger partial charge in [-0.2, -0.15) is 0 Å². The van der Waals surface area contributed by atoms with Crippen LogP contribution in [0.3, 0.4) is 0 Å². The third-order valence-electron chi connectivity index (χ3n) is 0.494. The molecule has 0 radical (unpaired) electrons. The lowest BCUT2D eigenvalue weighted by Crippen LogP contribution is -1.66. The molecule has 0 aliphatic carbocycles. The van der Waals surface area contributed by atoms with E-state index in [2.05, 4.69) is 0 Å². The van der Waals surface area contributed by atoms with Crippen LogP contribution in [0.4, 0.5) is 13.2 Å². The largest absolute Gasteiger partial charge is 0.246 e. The van der Waals surface area contributed by atoms with Crippen LogP contribution in [0.5, 0.6) is 0 Å². The molecule has 3 heteroatoms. The molecule has 0 aliphatic rings. The molecule has 0 rings (SSSR count). The summed E-state index contributed by atoms with van der Waals surface area (Å²) in [4.78, 5) is 0. The number of halogens is 3. The Kier molecular flexibility index (Phi) is 4.03. The van der Waals surface area contributed by atoms with E-state index in [1.54, 1.807) is 0 Å². The number of allylic oxidation sites excluding steroid dienone is 3. The van der Waals surface area contributed by atoms with Crippen LogP contribution in [0, 0.1) is 0 Å². The first kappa shape index (κ1) is 7.27. The van der Waals surface area contributed by atoms with Crippen molar-refractivity contribution >= 4 is 0 Å². The van der Waals surface area contributed by atoms with Gasteiger partial charge in [-0.3, -0.25) is 0 Å². The van der Waals surface area contributed by atoms with Gasteiger partial charge in [0.15, 0.2) is 0 Å². The van der Waals surface area contributed by atoms with Gasteiger partial charge in [0, 0.05) is 6.08 Å². The Bertz CT molecular complexity index is 104. The summed E-state index contributed by atoms with van der Waals surface area (Å²) in [5, 5.41) is 0. The zero-order valence-electron chi connectivity index (χ0n) is 4.07. The van der Waals surface area contributed by atoms with Crippen molar-refractivity contribution in [3.8, 4) is 0 Å². The van der Waals surface area contributed by atoms with E-state index in [9.17, 15) is 13.2 Å². The standard InChI is InChI=1S/C5H5F3/c6-3-1-5(8)2-4-7/h1-3H,4H2/b3-1-,5-2+. The van der Waals surface area contributed by atoms with E-state index in [0.29, 0.717) is 12.2 Å². The Balaban J connectivity index is 3.61. The maximum atomic E-state index is 11.7. The average molecular weight is 122 g/mol. The highest BCUT2D eigenvalue weighted by atomic mass is 19.1. The second-order valence-electron chi connectivity index (χ2n) is 1.04. The van der Waals surface area contributed by atoms with E-state index < -0.39 is 12.5 Å². The van der Waals surface area contributed by atoms with Crippen LogP contribution in [0.1, 0.15) is 0 Å². The molecule has 0 amide bonds. The van der Waals surface area contributed by atoms with Crippen LogP contribution in [0.15, 0.2) is 24.3 Å². The normalized spacial score (nSPS) is 13.1. The summed E-state index contributed by atoms with van der Waals surface area (Å²) < 4.78 is 33.8. The third kappa shape index (κ3) is 3.46. The lowest BCUT2D eigenvalue weighted by atomic mass is 10.5. The molecule has 0 saturated carbocycles. The van der Waals surface area contributed by atoms with Crippen molar-refractivity contribution in [1.82, 2.24) is 0 Å². The molecule has 0 heterocycles. The lowest BCUT2D eigenvalue weighted by molar-refractivity contribution is 0.547. The fraction of sp³-hybridized carbons (Fsp3) is 0.200. The van der Waals surface area contributed by atoms with Crippen molar-refractivity contribution in [3.63, 3.8) is 0 Å². The van der Waals surface area contributed by atoms with Crippen LogP contribution in [0.25, 0.3) is 0 Å². The monoisotopic (exact) mass is 122 g/mol. The molecule has 46 valence electrons. The Hall–Kier alpha value is -0.730. The zero-order valence-corrected chi connectivity index (χ0v) is 4.07. The average Bonchev–Trinajstić information content (AvgIpc) is 1.68. The van der Waals surface area contributed by atoms with Crippen molar-refractivity contribution in [2.24, 2.45) is 0 Å². The highest BCUT2D eigenvalue weighted by Crippen LogP contribution is 1.97. The van der Waals surface area contributed by atoms with Gasteiger partial charge in [0.05, 0.1) is 6.33 Å². The summed E-state index contributed by atoms with van der Waals surface area (Å²) in [6.07, 6.45) is 1.19. The minimum Gasteiger partial charge on any atom is -0.246 e. The van der Waals surface area contributed by atoms with Gasteiger partial charge in [-0.15, -0.1) is 0 Å². The molecule has 0 atom stereocenters. The quantitative estimate of drug-likeness (QED) is 0.493. The molecule has 0 fully saturated rings. The van der Waals surface area contributed by atoms with Gasteiger partial charge < -0.3 is 0 Å². The first-order valence-electron chi connectivity index (χ1n) is 1.99. The SMILES string of the molecule is F/C=C\C(F)=C/CF. The number of hydrogen-bond donors (Lipinski definition) is 0. The van der Waals surface area contributed by atoms with Gasteiger partial charge in [-0.1, -0.05) is 0 Å². The molecule has 0 aromatic heterocycles. The van der Waals surface area contributed by atoms with Crippen LogP contribution in [-0.2, 0) is 0 Å². The first-order chi connectivity index (χ1) is 3.81. The Morgan fingerprint density at radius 2 is 2.12 bits per heavy atom. The van der Waals surface area contributed by atoms with Crippen LogP contribution < -0.4 is 0 Å². The van der Waals surface area contributed by atoms with E-state index in [4.69, 9.17) is 0 Å². The summed E-state index contributed by atoms with van der Waals surface area (Å²) >= 11 is 0. The molecule has 0 unspecified atom stereocenters. The molecule has 0 N–H and O–H groups in total. The summed E-state index contributed by atoms with van der Waals surface area (Å²) in [7, 11) is 0. The Labute approximate surface area is 45.3 Å².